The highest BCUT2D eigenvalue weighted by atomic mass is 16.5. The Morgan fingerprint density at radius 3 is 2.89 bits per heavy atom. The Balaban J connectivity index is 2.21. The summed E-state index contributed by atoms with van der Waals surface area (Å²) in [6.07, 6.45) is 3.71. The van der Waals surface area contributed by atoms with Crippen LogP contribution in [0, 0.1) is 6.92 Å². The quantitative estimate of drug-likeness (QED) is 0.788. The highest BCUT2D eigenvalue weighted by Gasteiger charge is 2.17. The van der Waals surface area contributed by atoms with Gasteiger partial charge in [-0.15, -0.1) is 10.2 Å². The molecule has 0 bridgehead atoms. The summed E-state index contributed by atoms with van der Waals surface area (Å²) < 4.78 is 9.02. The molecule has 0 aliphatic heterocycles. The third-order valence-corrected chi connectivity index (χ3v) is 2.98. The maximum absolute atomic E-state index is 5.04. The molecule has 0 aromatic carbocycles. The molecule has 104 valence electrons. The molecular formula is C12H20N6O. The molecule has 1 N–H and O–H groups in total. The number of hydrogen-bond acceptors (Lipinski definition) is 5. The molecule has 2 rings (SSSR count). The van der Waals surface area contributed by atoms with Crippen LogP contribution in [0.1, 0.15) is 24.5 Å². The molecule has 0 radical (unpaired) electrons. The minimum Gasteiger partial charge on any atom is -0.383 e. The van der Waals surface area contributed by atoms with Gasteiger partial charge in [0.2, 0.25) is 5.95 Å². The Labute approximate surface area is 112 Å². The van der Waals surface area contributed by atoms with Gasteiger partial charge in [0.1, 0.15) is 6.33 Å². The van der Waals surface area contributed by atoms with Crippen molar-refractivity contribution in [2.24, 2.45) is 7.05 Å². The van der Waals surface area contributed by atoms with Gasteiger partial charge in [-0.1, -0.05) is 0 Å². The zero-order chi connectivity index (χ0) is 13.8. The van der Waals surface area contributed by atoms with Crippen molar-refractivity contribution in [3.05, 3.63) is 24.0 Å². The van der Waals surface area contributed by atoms with Gasteiger partial charge in [0, 0.05) is 26.9 Å². The number of imidazole rings is 1. The van der Waals surface area contributed by atoms with Gasteiger partial charge in [-0.25, -0.2) is 4.98 Å². The minimum absolute atomic E-state index is 0.0683. The van der Waals surface area contributed by atoms with Gasteiger partial charge in [-0.3, -0.25) is 0 Å². The van der Waals surface area contributed by atoms with Gasteiger partial charge in [-0.05, 0) is 13.8 Å². The van der Waals surface area contributed by atoms with E-state index in [4.69, 9.17) is 4.74 Å². The first-order valence-electron chi connectivity index (χ1n) is 6.25. The van der Waals surface area contributed by atoms with Crippen LogP contribution in [-0.2, 0) is 11.8 Å². The van der Waals surface area contributed by atoms with Gasteiger partial charge >= 0.3 is 0 Å². The van der Waals surface area contributed by atoms with Crippen molar-refractivity contribution in [3.8, 4) is 0 Å². The number of nitrogens with one attached hydrogen (secondary N) is 1. The number of rotatable bonds is 6. The molecule has 2 heterocycles. The number of aromatic nitrogens is 5. The maximum Gasteiger partial charge on any atom is 0.203 e. The van der Waals surface area contributed by atoms with Crippen molar-refractivity contribution >= 4 is 5.95 Å². The minimum atomic E-state index is 0.0683. The van der Waals surface area contributed by atoms with Crippen LogP contribution in [0.5, 0.6) is 0 Å². The monoisotopic (exact) mass is 264 g/mol. The fraction of sp³-hybridized carbons (Fsp3) is 0.583. The van der Waals surface area contributed by atoms with E-state index in [0.717, 1.165) is 24.0 Å². The molecule has 1 unspecified atom stereocenters. The third-order valence-electron chi connectivity index (χ3n) is 2.98. The van der Waals surface area contributed by atoms with Gasteiger partial charge in [0.05, 0.1) is 18.3 Å². The second-order valence-electron chi connectivity index (χ2n) is 4.51. The Morgan fingerprint density at radius 1 is 1.47 bits per heavy atom. The fourth-order valence-electron chi connectivity index (χ4n) is 2.00. The zero-order valence-corrected chi connectivity index (χ0v) is 11.8. The predicted molar refractivity (Wildman–Crippen MR) is 72.1 cm³/mol. The number of anilines is 1. The zero-order valence-electron chi connectivity index (χ0n) is 11.8. The molecule has 0 spiro atoms. The Hall–Kier alpha value is -1.89. The molecule has 1 atom stereocenters. The van der Waals surface area contributed by atoms with Gasteiger partial charge in [0.25, 0.3) is 0 Å². The fourth-order valence-corrected chi connectivity index (χ4v) is 2.00. The molecule has 0 amide bonds. The van der Waals surface area contributed by atoms with E-state index < -0.39 is 0 Å². The lowest BCUT2D eigenvalue weighted by Gasteiger charge is -2.16. The standard InChI is InChI=1S/C12H20N6O/c1-9-7-18(12(15-9)13-5-6-19-4)10(2)11-16-14-8-17(11)3/h7-8,10H,5-6H2,1-4H3,(H,13,15). The lowest BCUT2D eigenvalue weighted by atomic mass is 10.3. The topological polar surface area (TPSA) is 69.8 Å². The first kappa shape index (κ1) is 13.5. The predicted octanol–water partition coefficient (Wildman–Crippen LogP) is 0.988. The van der Waals surface area contributed by atoms with Crippen molar-refractivity contribution in [1.82, 2.24) is 24.3 Å². The second kappa shape index (κ2) is 5.83. The molecule has 0 aliphatic carbocycles. The SMILES string of the molecule is COCCNc1nc(C)cn1C(C)c1nncn1C. The summed E-state index contributed by atoms with van der Waals surface area (Å²) in [5.41, 5.74) is 0.967. The molecule has 0 fully saturated rings. The number of methoxy groups -OCH3 is 1. The first-order valence-corrected chi connectivity index (χ1v) is 6.25. The number of hydrogen-bond donors (Lipinski definition) is 1. The van der Waals surface area contributed by atoms with Crippen LogP contribution in [0.2, 0.25) is 0 Å². The van der Waals surface area contributed by atoms with E-state index in [1.54, 1.807) is 13.4 Å². The number of nitrogens with zero attached hydrogens (tertiary/aromatic N) is 5. The Kier molecular flexibility index (Phi) is 4.16. The first-order chi connectivity index (χ1) is 9.13. The number of aryl methyl sites for hydroxylation is 2. The van der Waals surface area contributed by atoms with E-state index in [1.165, 1.54) is 0 Å². The van der Waals surface area contributed by atoms with E-state index in [0.29, 0.717) is 6.61 Å². The van der Waals surface area contributed by atoms with E-state index in [2.05, 4.69) is 32.0 Å². The molecule has 2 aromatic rings. The summed E-state index contributed by atoms with van der Waals surface area (Å²) in [4.78, 5) is 4.48. The Bertz CT molecular complexity index is 532. The number of ether oxygens (including phenoxy) is 1. The van der Waals surface area contributed by atoms with Gasteiger partial charge in [-0.2, -0.15) is 0 Å². The van der Waals surface area contributed by atoms with E-state index >= 15 is 0 Å². The van der Waals surface area contributed by atoms with E-state index in [9.17, 15) is 0 Å². The van der Waals surface area contributed by atoms with Crippen LogP contribution in [0.15, 0.2) is 12.5 Å². The highest BCUT2D eigenvalue weighted by molar-refractivity contribution is 5.30. The third kappa shape index (κ3) is 2.93. The second-order valence-corrected chi connectivity index (χ2v) is 4.51. The molecule has 0 saturated carbocycles. The largest absolute Gasteiger partial charge is 0.383 e. The summed E-state index contributed by atoms with van der Waals surface area (Å²) in [5, 5.41) is 11.3. The maximum atomic E-state index is 5.04. The van der Waals surface area contributed by atoms with Crippen LogP contribution in [0.3, 0.4) is 0 Å². The molecule has 19 heavy (non-hydrogen) atoms. The van der Waals surface area contributed by atoms with Crippen LogP contribution in [0.4, 0.5) is 5.95 Å². The van der Waals surface area contributed by atoms with Crippen molar-refractivity contribution in [1.29, 1.82) is 0 Å². The van der Waals surface area contributed by atoms with Gasteiger partial charge in [0.15, 0.2) is 5.82 Å². The van der Waals surface area contributed by atoms with Crippen molar-refractivity contribution < 1.29 is 4.74 Å². The van der Waals surface area contributed by atoms with E-state index in [-0.39, 0.29) is 6.04 Å². The molecule has 2 aromatic heterocycles. The molecule has 0 aliphatic rings. The van der Waals surface area contributed by atoms with E-state index in [1.807, 2.05) is 24.7 Å². The van der Waals surface area contributed by atoms with Crippen LogP contribution in [-0.4, -0.2) is 44.6 Å². The molecule has 7 nitrogen and oxygen atoms in total. The van der Waals surface area contributed by atoms with Crippen molar-refractivity contribution in [2.75, 3.05) is 25.6 Å². The smallest absolute Gasteiger partial charge is 0.203 e. The van der Waals surface area contributed by atoms with Crippen LogP contribution < -0.4 is 5.32 Å². The average Bonchev–Trinajstić information content (AvgIpc) is 2.95. The average molecular weight is 264 g/mol. The van der Waals surface area contributed by atoms with Crippen molar-refractivity contribution in [3.63, 3.8) is 0 Å². The van der Waals surface area contributed by atoms with Crippen LogP contribution in [0.25, 0.3) is 0 Å². The summed E-state index contributed by atoms with van der Waals surface area (Å²) in [6, 6.07) is 0.0683. The molecule has 7 heteroatoms. The highest BCUT2D eigenvalue weighted by Crippen LogP contribution is 2.20. The normalized spacial score (nSPS) is 12.6. The van der Waals surface area contributed by atoms with Gasteiger partial charge < -0.3 is 19.2 Å². The lowest BCUT2D eigenvalue weighted by molar-refractivity contribution is 0.210. The summed E-state index contributed by atoms with van der Waals surface area (Å²) in [6.45, 7) is 5.41. The van der Waals surface area contributed by atoms with Crippen LogP contribution >= 0.6 is 0 Å². The summed E-state index contributed by atoms with van der Waals surface area (Å²) in [5.74, 6) is 1.72. The Morgan fingerprint density at radius 2 is 2.26 bits per heavy atom. The van der Waals surface area contributed by atoms with Crippen molar-refractivity contribution in [2.45, 2.75) is 19.9 Å². The molecule has 0 saturated heterocycles. The summed E-state index contributed by atoms with van der Waals surface area (Å²) in [7, 11) is 3.62. The molecular weight excluding hydrogens is 244 g/mol. The lowest BCUT2D eigenvalue weighted by Crippen LogP contribution is -2.17. The summed E-state index contributed by atoms with van der Waals surface area (Å²) >= 11 is 0.